The molecule has 0 radical (unpaired) electrons. The van der Waals surface area contributed by atoms with Crippen molar-refractivity contribution in [2.75, 3.05) is 19.8 Å². The maximum absolute atomic E-state index is 11.4. The van der Waals surface area contributed by atoms with Crippen LogP contribution >= 0.6 is 0 Å². The van der Waals surface area contributed by atoms with Crippen molar-refractivity contribution in [1.82, 2.24) is 5.32 Å². The van der Waals surface area contributed by atoms with Gasteiger partial charge in [0.2, 0.25) is 5.91 Å². The van der Waals surface area contributed by atoms with Gasteiger partial charge in [-0.1, -0.05) is 12.2 Å². The predicted molar refractivity (Wildman–Crippen MR) is 74.8 cm³/mol. The Kier molecular flexibility index (Phi) is 11.6. The number of allylic oxidation sites excluding steroid dienone is 2. The summed E-state index contributed by atoms with van der Waals surface area (Å²) in [7, 11) is 0. The van der Waals surface area contributed by atoms with E-state index in [1.807, 2.05) is 19.1 Å². The Balaban J connectivity index is 3.44. The molecule has 0 saturated carbocycles. The van der Waals surface area contributed by atoms with Crippen LogP contribution in [0.1, 0.15) is 39.0 Å². The average Bonchev–Trinajstić information content (AvgIpc) is 2.44. The molecule has 0 fully saturated rings. The van der Waals surface area contributed by atoms with Crippen molar-refractivity contribution in [1.29, 1.82) is 0 Å². The number of hydrogen-bond donors (Lipinski definition) is 1. The van der Waals surface area contributed by atoms with Gasteiger partial charge in [-0.3, -0.25) is 9.59 Å². The quantitative estimate of drug-likeness (QED) is 0.192. The van der Waals surface area contributed by atoms with Crippen LogP contribution < -0.4 is 5.32 Å². The fourth-order valence-electron chi connectivity index (χ4n) is 1.39. The molecule has 0 aliphatic heterocycles. The normalized spacial score (nSPS) is 10.3. The first-order valence-electron chi connectivity index (χ1n) is 6.87. The van der Waals surface area contributed by atoms with E-state index < -0.39 is 11.1 Å². The van der Waals surface area contributed by atoms with Crippen LogP contribution in [-0.4, -0.2) is 36.7 Å². The molecule has 120 valence electrons. The zero-order valence-corrected chi connectivity index (χ0v) is 12.2. The Labute approximate surface area is 123 Å². The minimum atomic E-state index is -0.863. The summed E-state index contributed by atoms with van der Waals surface area (Å²) in [6, 6.07) is 0. The van der Waals surface area contributed by atoms with Crippen molar-refractivity contribution in [3.63, 3.8) is 0 Å². The minimum Gasteiger partial charge on any atom is -0.464 e. The average molecular weight is 302 g/mol. The molecule has 0 aromatic carbocycles. The Morgan fingerprint density at radius 2 is 1.95 bits per heavy atom. The van der Waals surface area contributed by atoms with Crippen LogP contribution in [0.2, 0.25) is 0 Å². The first-order chi connectivity index (χ1) is 10.1. The van der Waals surface area contributed by atoms with Gasteiger partial charge in [0, 0.05) is 6.42 Å². The van der Waals surface area contributed by atoms with Crippen molar-refractivity contribution in [3.8, 4) is 0 Å². The SMILES string of the molecule is C/C=C\CCCC(=O)NCC(=O)OCCCCO[N+](=O)[O-]. The van der Waals surface area contributed by atoms with E-state index in [9.17, 15) is 19.7 Å². The fourth-order valence-corrected chi connectivity index (χ4v) is 1.39. The molecule has 0 aliphatic rings. The van der Waals surface area contributed by atoms with Gasteiger partial charge >= 0.3 is 5.97 Å². The summed E-state index contributed by atoms with van der Waals surface area (Å²) in [5, 5.41) is 11.5. The minimum absolute atomic E-state index is 0.0203. The van der Waals surface area contributed by atoms with Gasteiger partial charge in [-0.25, -0.2) is 0 Å². The molecule has 0 unspecified atom stereocenters. The number of nitrogens with zero attached hydrogens (tertiary/aromatic N) is 1. The molecule has 0 rings (SSSR count). The summed E-state index contributed by atoms with van der Waals surface area (Å²) in [4.78, 5) is 36.6. The number of carbonyl (C=O) groups excluding carboxylic acids is 2. The maximum atomic E-state index is 11.4. The number of hydrogen-bond acceptors (Lipinski definition) is 6. The Morgan fingerprint density at radius 1 is 1.24 bits per heavy atom. The molecule has 0 heterocycles. The largest absolute Gasteiger partial charge is 0.464 e. The van der Waals surface area contributed by atoms with E-state index in [0.717, 1.165) is 12.8 Å². The molecule has 1 amide bonds. The molecule has 21 heavy (non-hydrogen) atoms. The molecule has 0 aromatic heterocycles. The summed E-state index contributed by atoms with van der Waals surface area (Å²) >= 11 is 0. The van der Waals surface area contributed by atoms with Crippen LogP contribution in [0.5, 0.6) is 0 Å². The topological polar surface area (TPSA) is 108 Å². The molecular formula is C13H22N2O6. The Morgan fingerprint density at radius 3 is 2.62 bits per heavy atom. The van der Waals surface area contributed by atoms with Crippen molar-refractivity contribution >= 4 is 11.9 Å². The third-order valence-electron chi connectivity index (χ3n) is 2.44. The lowest BCUT2D eigenvalue weighted by Crippen LogP contribution is -2.30. The molecule has 1 N–H and O–H groups in total. The van der Waals surface area contributed by atoms with Crippen LogP contribution in [0, 0.1) is 10.1 Å². The van der Waals surface area contributed by atoms with E-state index >= 15 is 0 Å². The van der Waals surface area contributed by atoms with Crippen molar-refractivity contribution in [3.05, 3.63) is 22.3 Å². The van der Waals surface area contributed by atoms with Crippen LogP contribution in [0.15, 0.2) is 12.2 Å². The molecule has 0 spiro atoms. The molecule has 0 atom stereocenters. The Hall–Kier alpha value is -2.12. The number of ether oxygens (including phenoxy) is 1. The standard InChI is InChI=1S/C13H22N2O6/c1-2-3-4-5-8-12(16)14-11-13(17)20-9-6-7-10-21-15(18)19/h2-3H,4-11H2,1H3,(H,14,16)/b3-2-. The van der Waals surface area contributed by atoms with E-state index in [-0.39, 0.29) is 25.7 Å². The lowest BCUT2D eigenvalue weighted by Gasteiger charge is -2.06. The van der Waals surface area contributed by atoms with Crippen molar-refractivity contribution in [2.24, 2.45) is 0 Å². The zero-order chi connectivity index (χ0) is 15.9. The second-order valence-corrected chi connectivity index (χ2v) is 4.22. The van der Waals surface area contributed by atoms with E-state index in [4.69, 9.17) is 4.74 Å². The van der Waals surface area contributed by atoms with Gasteiger partial charge in [0.05, 0.1) is 13.2 Å². The highest BCUT2D eigenvalue weighted by Crippen LogP contribution is 1.96. The number of amides is 1. The van der Waals surface area contributed by atoms with E-state index in [1.54, 1.807) is 0 Å². The second-order valence-electron chi connectivity index (χ2n) is 4.22. The smallest absolute Gasteiger partial charge is 0.325 e. The van der Waals surface area contributed by atoms with Crippen molar-refractivity contribution < 1.29 is 24.3 Å². The van der Waals surface area contributed by atoms with Gasteiger partial charge in [-0.2, -0.15) is 0 Å². The third kappa shape index (κ3) is 14.1. The van der Waals surface area contributed by atoms with E-state index in [2.05, 4.69) is 10.2 Å². The first kappa shape index (κ1) is 18.9. The molecule has 8 nitrogen and oxygen atoms in total. The van der Waals surface area contributed by atoms with Gasteiger partial charge in [-0.15, -0.1) is 10.1 Å². The number of esters is 1. The molecule has 0 aromatic rings. The highest BCUT2D eigenvalue weighted by molar-refractivity contribution is 5.81. The molecule has 0 bridgehead atoms. The summed E-state index contributed by atoms with van der Waals surface area (Å²) in [6.45, 7) is 1.89. The number of nitrogens with one attached hydrogen (secondary N) is 1. The molecule has 0 aliphatic carbocycles. The van der Waals surface area contributed by atoms with E-state index in [1.165, 1.54) is 0 Å². The number of carbonyl (C=O) groups is 2. The van der Waals surface area contributed by atoms with Gasteiger partial charge in [0.15, 0.2) is 0 Å². The fraction of sp³-hybridized carbons (Fsp3) is 0.692. The summed E-state index contributed by atoms with van der Waals surface area (Å²) in [6.07, 6.45) is 6.73. The molecular weight excluding hydrogens is 280 g/mol. The highest BCUT2D eigenvalue weighted by Gasteiger charge is 2.06. The van der Waals surface area contributed by atoms with Gasteiger partial charge < -0.3 is 14.9 Å². The molecule has 0 saturated heterocycles. The van der Waals surface area contributed by atoms with Gasteiger partial charge in [-0.05, 0) is 32.6 Å². The number of rotatable bonds is 12. The first-order valence-corrected chi connectivity index (χ1v) is 6.87. The molecule has 8 heteroatoms. The van der Waals surface area contributed by atoms with Gasteiger partial charge in [0.1, 0.15) is 6.54 Å². The predicted octanol–water partition coefficient (Wildman–Crippen LogP) is 1.38. The van der Waals surface area contributed by atoms with Crippen LogP contribution in [-0.2, 0) is 19.2 Å². The summed E-state index contributed by atoms with van der Waals surface area (Å²) in [5.41, 5.74) is 0. The summed E-state index contributed by atoms with van der Waals surface area (Å²) < 4.78 is 4.85. The Bertz CT molecular complexity index is 357. The summed E-state index contributed by atoms with van der Waals surface area (Å²) in [5.74, 6) is -0.706. The van der Waals surface area contributed by atoms with Crippen LogP contribution in [0.3, 0.4) is 0 Å². The van der Waals surface area contributed by atoms with Crippen LogP contribution in [0.25, 0.3) is 0 Å². The number of unbranched alkanes of at least 4 members (excludes halogenated alkanes) is 2. The van der Waals surface area contributed by atoms with E-state index in [0.29, 0.717) is 19.3 Å². The highest BCUT2D eigenvalue weighted by atomic mass is 16.9. The lowest BCUT2D eigenvalue weighted by molar-refractivity contribution is -0.757. The third-order valence-corrected chi connectivity index (χ3v) is 2.44. The second kappa shape index (κ2) is 12.9. The van der Waals surface area contributed by atoms with Crippen LogP contribution in [0.4, 0.5) is 0 Å². The zero-order valence-electron chi connectivity index (χ0n) is 12.2. The lowest BCUT2D eigenvalue weighted by atomic mass is 10.2. The van der Waals surface area contributed by atoms with Gasteiger partial charge in [0.25, 0.3) is 5.09 Å². The maximum Gasteiger partial charge on any atom is 0.325 e. The monoisotopic (exact) mass is 302 g/mol. The van der Waals surface area contributed by atoms with Crippen molar-refractivity contribution in [2.45, 2.75) is 39.0 Å².